The van der Waals surface area contributed by atoms with E-state index in [9.17, 15) is 14.3 Å². The van der Waals surface area contributed by atoms with Crippen molar-refractivity contribution in [2.24, 2.45) is 5.41 Å². The van der Waals surface area contributed by atoms with E-state index in [2.05, 4.69) is 5.32 Å². The van der Waals surface area contributed by atoms with E-state index in [0.29, 0.717) is 28.0 Å². The minimum atomic E-state index is -0.397. The van der Waals surface area contributed by atoms with Crippen LogP contribution >= 0.6 is 11.6 Å². The summed E-state index contributed by atoms with van der Waals surface area (Å²) in [5.41, 5.74) is 1.26. The summed E-state index contributed by atoms with van der Waals surface area (Å²) in [5.74, 6) is 0.786. The maximum atomic E-state index is 13.7. The largest absolute Gasteiger partial charge is 1.00 e. The molecule has 1 N–H and O–H groups in total. The van der Waals surface area contributed by atoms with Crippen molar-refractivity contribution in [1.29, 1.82) is 0 Å². The van der Waals surface area contributed by atoms with Crippen LogP contribution in [-0.2, 0) is 4.79 Å². The number of benzene rings is 3. The molecule has 0 saturated carbocycles. The van der Waals surface area contributed by atoms with Crippen LogP contribution < -0.4 is 80.9 Å². The number of piperidine rings is 1. The quantitative estimate of drug-likeness (QED) is 0.374. The third-order valence-electron chi connectivity index (χ3n) is 6.83. The number of amides is 1. The van der Waals surface area contributed by atoms with E-state index in [-0.39, 0.29) is 74.9 Å². The van der Waals surface area contributed by atoms with Gasteiger partial charge in [0.1, 0.15) is 5.82 Å². The molecule has 1 amide bonds. The second-order valence-electron chi connectivity index (χ2n) is 8.88. The van der Waals surface area contributed by atoms with Gasteiger partial charge in [-0.1, -0.05) is 29.8 Å². The van der Waals surface area contributed by atoms with Gasteiger partial charge >= 0.3 is 51.4 Å². The monoisotopic (exact) mass is 566 g/mol. The van der Waals surface area contributed by atoms with E-state index in [1.165, 1.54) is 45.6 Å². The van der Waals surface area contributed by atoms with Crippen molar-refractivity contribution in [1.82, 2.24) is 5.32 Å². The van der Waals surface area contributed by atoms with E-state index < -0.39 is 5.41 Å². The molecule has 2 heterocycles. The van der Waals surface area contributed by atoms with Crippen molar-refractivity contribution in [3.63, 3.8) is 0 Å². The van der Waals surface area contributed by atoms with Gasteiger partial charge in [-0.05, 0) is 74.0 Å². The van der Waals surface area contributed by atoms with Crippen LogP contribution in [0.5, 0.6) is 23.0 Å². The molecule has 2 fully saturated rings. The number of halogens is 2. The normalized spacial score (nSPS) is 17.4. The molecular formula is C28H29ClFKN2O5. The first-order valence-electron chi connectivity index (χ1n) is 11.9. The zero-order valence-electron chi connectivity index (χ0n) is 21.9. The summed E-state index contributed by atoms with van der Waals surface area (Å²) < 4.78 is 28.6. The van der Waals surface area contributed by atoms with Gasteiger partial charge < -0.3 is 29.5 Å². The van der Waals surface area contributed by atoms with Gasteiger partial charge in [0.25, 0.3) is 0 Å². The maximum absolute atomic E-state index is 13.7. The van der Waals surface area contributed by atoms with Crippen molar-refractivity contribution in [3.05, 3.63) is 77.1 Å². The SMILES string of the molecule is COc1cc([O-])cc(OC)c1OC.O=C1N(c2cccc(F)c2)C(c2ccc(Cl)cc2)C12CCNCC2.[K+]. The molecule has 2 saturated heterocycles. The molecule has 0 aliphatic carbocycles. The van der Waals surface area contributed by atoms with Crippen molar-refractivity contribution in [3.8, 4) is 23.0 Å². The Hall–Kier alpha value is -1.85. The van der Waals surface area contributed by atoms with Gasteiger partial charge in [-0.15, -0.1) is 5.75 Å². The molecule has 1 spiro atoms. The molecule has 5 rings (SSSR count). The molecule has 196 valence electrons. The molecule has 0 radical (unpaired) electrons. The van der Waals surface area contributed by atoms with Gasteiger partial charge in [-0.2, -0.15) is 0 Å². The molecule has 0 aromatic heterocycles. The minimum absolute atomic E-state index is 0. The number of rotatable bonds is 5. The first-order chi connectivity index (χ1) is 17.8. The third kappa shape index (κ3) is 6.14. The van der Waals surface area contributed by atoms with Crippen LogP contribution in [-0.4, -0.2) is 40.3 Å². The molecule has 7 nitrogen and oxygen atoms in total. The Kier molecular flexibility index (Phi) is 10.9. The van der Waals surface area contributed by atoms with Crippen LogP contribution in [0.15, 0.2) is 60.7 Å². The van der Waals surface area contributed by atoms with E-state index in [1.54, 1.807) is 17.0 Å². The van der Waals surface area contributed by atoms with Crippen LogP contribution in [0.25, 0.3) is 0 Å². The molecule has 2 aliphatic heterocycles. The van der Waals surface area contributed by atoms with Gasteiger partial charge in [0.05, 0.1) is 32.8 Å². The Morgan fingerprint density at radius 3 is 2.11 bits per heavy atom. The van der Waals surface area contributed by atoms with Crippen LogP contribution in [0.4, 0.5) is 10.1 Å². The number of hydrogen-bond acceptors (Lipinski definition) is 6. The van der Waals surface area contributed by atoms with Crippen LogP contribution in [0.3, 0.4) is 0 Å². The van der Waals surface area contributed by atoms with Gasteiger partial charge in [0, 0.05) is 10.7 Å². The number of ether oxygens (including phenoxy) is 3. The van der Waals surface area contributed by atoms with E-state index in [4.69, 9.17) is 25.8 Å². The number of carbonyl (C=O) groups excluding carboxylic acids is 1. The Labute approximate surface area is 269 Å². The zero-order chi connectivity index (χ0) is 26.6. The Morgan fingerprint density at radius 2 is 1.58 bits per heavy atom. The van der Waals surface area contributed by atoms with Gasteiger partial charge in [-0.25, -0.2) is 4.39 Å². The molecule has 38 heavy (non-hydrogen) atoms. The Balaban J connectivity index is 0.000000245. The summed E-state index contributed by atoms with van der Waals surface area (Å²) in [7, 11) is 4.43. The average Bonchev–Trinajstić information content (AvgIpc) is 2.92. The predicted octanol–water partition coefficient (Wildman–Crippen LogP) is 1.73. The number of nitrogens with zero attached hydrogens (tertiary/aromatic N) is 1. The van der Waals surface area contributed by atoms with Crippen molar-refractivity contribution in [2.75, 3.05) is 39.3 Å². The second kappa shape index (κ2) is 13.5. The molecule has 2 aliphatic rings. The fraction of sp³-hybridized carbons (Fsp3) is 0.321. The number of β-lactam (4-membered cyclic amide) rings is 1. The number of methoxy groups -OCH3 is 3. The van der Waals surface area contributed by atoms with Gasteiger partial charge in [-0.3, -0.25) is 4.79 Å². The van der Waals surface area contributed by atoms with Crippen LogP contribution in [0, 0.1) is 11.2 Å². The standard InChI is InChI=1S/C19H18ClFN2O.C9H12O4.K/c20-14-6-4-13(5-7-14)17-19(8-10-22-11-9-19)18(24)23(17)16-3-1-2-15(21)12-16;1-11-7-4-6(10)5-8(12-2)9(7)13-3;/h1-7,12,17,22H,8-11H2;4-5,10H,1-3H3;/q;;+1/p-1. The zero-order valence-corrected chi connectivity index (χ0v) is 25.8. The topological polar surface area (TPSA) is 83.1 Å². The van der Waals surface area contributed by atoms with Crippen LogP contribution in [0.1, 0.15) is 24.4 Å². The summed E-state index contributed by atoms with van der Waals surface area (Å²) in [6, 6.07) is 16.5. The van der Waals surface area contributed by atoms with Crippen molar-refractivity contribution >= 4 is 23.2 Å². The van der Waals surface area contributed by atoms with Crippen LogP contribution in [0.2, 0.25) is 5.02 Å². The summed E-state index contributed by atoms with van der Waals surface area (Å²) in [6.45, 7) is 1.65. The fourth-order valence-electron chi connectivity index (χ4n) is 5.08. The first kappa shape index (κ1) is 30.7. The Bertz CT molecular complexity index is 1230. The van der Waals surface area contributed by atoms with E-state index in [1.807, 2.05) is 24.3 Å². The molecule has 3 aromatic rings. The molecule has 1 atom stereocenters. The summed E-state index contributed by atoms with van der Waals surface area (Å²) in [5, 5.41) is 15.1. The molecule has 1 unspecified atom stereocenters. The fourth-order valence-corrected chi connectivity index (χ4v) is 5.20. The Morgan fingerprint density at radius 1 is 0.974 bits per heavy atom. The van der Waals surface area contributed by atoms with Gasteiger partial charge in [0.2, 0.25) is 11.7 Å². The summed E-state index contributed by atoms with van der Waals surface area (Å²) >= 11 is 6.02. The number of anilines is 1. The van der Waals surface area contributed by atoms with Crippen molar-refractivity contribution in [2.45, 2.75) is 18.9 Å². The molecule has 10 heteroatoms. The number of hydrogen-bond donors (Lipinski definition) is 1. The summed E-state index contributed by atoms with van der Waals surface area (Å²) in [4.78, 5) is 14.8. The average molecular weight is 567 g/mol. The maximum Gasteiger partial charge on any atom is 1.00 e. The van der Waals surface area contributed by atoms with E-state index in [0.717, 1.165) is 31.5 Å². The van der Waals surface area contributed by atoms with Crippen molar-refractivity contribution < 1.29 is 79.9 Å². The molecular weight excluding hydrogens is 538 g/mol. The first-order valence-corrected chi connectivity index (χ1v) is 12.2. The third-order valence-corrected chi connectivity index (χ3v) is 7.08. The number of nitrogens with one attached hydrogen (secondary N) is 1. The summed E-state index contributed by atoms with van der Waals surface area (Å²) in [6.07, 6.45) is 1.59. The molecule has 0 bridgehead atoms. The number of carbonyl (C=O) groups is 1. The predicted molar refractivity (Wildman–Crippen MR) is 138 cm³/mol. The smallest absolute Gasteiger partial charge is 0.872 e. The minimum Gasteiger partial charge on any atom is -0.872 e. The van der Waals surface area contributed by atoms with Gasteiger partial charge in [0.15, 0.2) is 11.5 Å². The molecule has 3 aromatic carbocycles. The second-order valence-corrected chi connectivity index (χ2v) is 9.31. The van der Waals surface area contributed by atoms with E-state index >= 15 is 0 Å².